The summed E-state index contributed by atoms with van der Waals surface area (Å²) in [5.41, 5.74) is 0.924. The predicted molar refractivity (Wildman–Crippen MR) is 87.8 cm³/mol. The molecule has 1 aliphatic heterocycles. The van der Waals surface area contributed by atoms with E-state index in [1.54, 1.807) is 24.2 Å². The van der Waals surface area contributed by atoms with Crippen molar-refractivity contribution in [1.29, 1.82) is 0 Å². The van der Waals surface area contributed by atoms with Gasteiger partial charge >= 0.3 is 0 Å². The van der Waals surface area contributed by atoms with Crippen LogP contribution in [0.3, 0.4) is 0 Å². The summed E-state index contributed by atoms with van der Waals surface area (Å²) >= 11 is 3.31. The van der Waals surface area contributed by atoms with Gasteiger partial charge in [0.1, 0.15) is 5.54 Å². The number of halogens is 1. The standard InChI is InChI=1S/C14H17BrN6O2/c1-8-10(19-13-17-6-9(15)11(20-13)23-3)7-18-21(8)14(2)4-5-16-12(14)22/h6-7H,4-5H2,1-3H3,(H,16,22)(H,17,19,20)/t14-/m1/s1. The quantitative estimate of drug-likeness (QED) is 0.838. The minimum atomic E-state index is -0.664. The van der Waals surface area contributed by atoms with E-state index in [1.165, 1.54) is 0 Å². The van der Waals surface area contributed by atoms with E-state index in [0.29, 0.717) is 29.3 Å². The molecule has 9 heteroatoms. The monoisotopic (exact) mass is 380 g/mol. The second kappa shape index (κ2) is 5.80. The van der Waals surface area contributed by atoms with Crippen molar-refractivity contribution in [2.45, 2.75) is 25.8 Å². The fourth-order valence-electron chi connectivity index (χ4n) is 2.63. The van der Waals surface area contributed by atoms with E-state index in [9.17, 15) is 4.79 Å². The largest absolute Gasteiger partial charge is 0.480 e. The van der Waals surface area contributed by atoms with Crippen LogP contribution in [0.2, 0.25) is 0 Å². The van der Waals surface area contributed by atoms with Crippen molar-refractivity contribution >= 4 is 33.5 Å². The van der Waals surface area contributed by atoms with E-state index in [0.717, 1.165) is 11.4 Å². The van der Waals surface area contributed by atoms with Gasteiger partial charge in [0.15, 0.2) is 0 Å². The van der Waals surface area contributed by atoms with Crippen LogP contribution in [0, 0.1) is 6.92 Å². The predicted octanol–water partition coefficient (Wildman–Crippen LogP) is 1.73. The fraction of sp³-hybridized carbons (Fsp3) is 0.429. The maximum absolute atomic E-state index is 12.1. The molecule has 1 saturated heterocycles. The Morgan fingerprint density at radius 3 is 2.91 bits per heavy atom. The molecule has 3 rings (SSSR count). The molecule has 0 saturated carbocycles. The molecule has 1 aliphatic rings. The van der Waals surface area contributed by atoms with E-state index < -0.39 is 5.54 Å². The number of carbonyl (C=O) groups excluding carboxylic acids is 1. The molecule has 8 nitrogen and oxygen atoms in total. The number of amides is 1. The highest BCUT2D eigenvalue weighted by atomic mass is 79.9. The van der Waals surface area contributed by atoms with Crippen molar-refractivity contribution in [3.63, 3.8) is 0 Å². The molecule has 0 radical (unpaired) electrons. The third kappa shape index (κ3) is 2.65. The van der Waals surface area contributed by atoms with Gasteiger partial charge in [-0.2, -0.15) is 10.1 Å². The van der Waals surface area contributed by atoms with Crippen LogP contribution in [0.15, 0.2) is 16.9 Å². The lowest BCUT2D eigenvalue weighted by atomic mass is 10.0. The summed E-state index contributed by atoms with van der Waals surface area (Å²) in [5, 5.41) is 10.3. The zero-order chi connectivity index (χ0) is 16.6. The zero-order valence-corrected chi connectivity index (χ0v) is 14.6. The number of anilines is 2. The second-order valence-electron chi connectivity index (χ2n) is 5.51. The molecule has 0 aromatic carbocycles. The molecule has 0 bridgehead atoms. The van der Waals surface area contributed by atoms with Gasteiger partial charge in [-0.25, -0.2) is 4.98 Å². The van der Waals surface area contributed by atoms with E-state index >= 15 is 0 Å². The Labute approximate surface area is 141 Å². The average molecular weight is 381 g/mol. The van der Waals surface area contributed by atoms with Crippen LogP contribution in [0.25, 0.3) is 0 Å². The van der Waals surface area contributed by atoms with E-state index in [-0.39, 0.29) is 5.91 Å². The Balaban J connectivity index is 1.90. The smallest absolute Gasteiger partial charge is 0.247 e. The minimum Gasteiger partial charge on any atom is -0.480 e. The number of methoxy groups -OCH3 is 1. The van der Waals surface area contributed by atoms with Crippen molar-refractivity contribution in [1.82, 2.24) is 25.1 Å². The van der Waals surface area contributed by atoms with Gasteiger partial charge in [-0.05, 0) is 36.2 Å². The summed E-state index contributed by atoms with van der Waals surface area (Å²) in [6.07, 6.45) is 3.99. The fourth-order valence-corrected chi connectivity index (χ4v) is 2.98. The Kier molecular flexibility index (Phi) is 3.97. The van der Waals surface area contributed by atoms with Crippen LogP contribution in [0.1, 0.15) is 19.0 Å². The van der Waals surface area contributed by atoms with Gasteiger partial charge < -0.3 is 15.4 Å². The molecule has 0 spiro atoms. The number of carbonyl (C=O) groups is 1. The van der Waals surface area contributed by atoms with Crippen molar-refractivity contribution in [2.24, 2.45) is 0 Å². The van der Waals surface area contributed by atoms with Crippen molar-refractivity contribution in [3.8, 4) is 5.88 Å². The summed E-state index contributed by atoms with van der Waals surface area (Å²) in [7, 11) is 1.54. The lowest BCUT2D eigenvalue weighted by Crippen LogP contribution is -2.39. The average Bonchev–Trinajstić information content (AvgIpc) is 3.06. The first-order chi connectivity index (χ1) is 11.0. The zero-order valence-electron chi connectivity index (χ0n) is 13.1. The van der Waals surface area contributed by atoms with Crippen LogP contribution in [-0.2, 0) is 10.3 Å². The second-order valence-corrected chi connectivity index (χ2v) is 6.37. The molecular formula is C14H17BrN6O2. The first-order valence-corrected chi connectivity index (χ1v) is 7.92. The summed E-state index contributed by atoms with van der Waals surface area (Å²) in [6.45, 7) is 4.45. The van der Waals surface area contributed by atoms with Crippen molar-refractivity contribution < 1.29 is 9.53 Å². The maximum Gasteiger partial charge on any atom is 0.247 e. The highest BCUT2D eigenvalue weighted by Gasteiger charge is 2.41. The summed E-state index contributed by atoms with van der Waals surface area (Å²) in [4.78, 5) is 20.6. The van der Waals surface area contributed by atoms with Crippen LogP contribution >= 0.6 is 15.9 Å². The Bertz CT molecular complexity index is 762. The van der Waals surface area contributed by atoms with Gasteiger partial charge in [-0.3, -0.25) is 9.48 Å². The lowest BCUT2D eigenvalue weighted by molar-refractivity contribution is -0.126. The van der Waals surface area contributed by atoms with Gasteiger partial charge in [0, 0.05) is 6.54 Å². The maximum atomic E-state index is 12.1. The Morgan fingerprint density at radius 2 is 2.26 bits per heavy atom. The summed E-state index contributed by atoms with van der Waals surface area (Å²) in [6, 6.07) is 0. The molecule has 1 atom stereocenters. The highest BCUT2D eigenvalue weighted by molar-refractivity contribution is 9.10. The SMILES string of the molecule is COc1nc(Nc2cnn([C@]3(C)CCNC3=O)c2C)ncc1Br. The topological polar surface area (TPSA) is 94.0 Å². The minimum absolute atomic E-state index is 0.0168. The number of nitrogens with zero attached hydrogens (tertiary/aromatic N) is 4. The third-order valence-electron chi connectivity index (χ3n) is 4.02. The lowest BCUT2D eigenvalue weighted by Gasteiger charge is -2.23. The number of hydrogen-bond donors (Lipinski definition) is 2. The first-order valence-electron chi connectivity index (χ1n) is 7.12. The Morgan fingerprint density at radius 1 is 1.48 bits per heavy atom. The number of nitrogens with one attached hydrogen (secondary N) is 2. The molecule has 2 aromatic rings. The number of rotatable bonds is 4. The van der Waals surface area contributed by atoms with Gasteiger partial charge in [0.05, 0.1) is 35.4 Å². The molecule has 2 aromatic heterocycles. The summed E-state index contributed by atoms with van der Waals surface area (Å²) in [5.74, 6) is 0.820. The Hall–Kier alpha value is -2.16. The first kappa shape index (κ1) is 15.7. The molecule has 1 amide bonds. The third-order valence-corrected chi connectivity index (χ3v) is 4.56. The van der Waals surface area contributed by atoms with E-state index in [4.69, 9.17) is 4.74 Å². The van der Waals surface area contributed by atoms with Gasteiger partial charge in [0.2, 0.25) is 17.7 Å². The molecule has 0 aliphatic carbocycles. The van der Waals surface area contributed by atoms with Crippen molar-refractivity contribution in [3.05, 3.63) is 22.6 Å². The van der Waals surface area contributed by atoms with Gasteiger partial charge in [0.25, 0.3) is 0 Å². The van der Waals surface area contributed by atoms with Crippen LogP contribution in [-0.4, -0.2) is 39.3 Å². The molecule has 122 valence electrons. The van der Waals surface area contributed by atoms with Crippen LogP contribution in [0.5, 0.6) is 5.88 Å². The molecule has 1 fully saturated rings. The summed E-state index contributed by atoms with van der Waals surface area (Å²) < 4.78 is 7.58. The molecule has 3 heterocycles. The van der Waals surface area contributed by atoms with Crippen molar-refractivity contribution in [2.75, 3.05) is 19.0 Å². The van der Waals surface area contributed by atoms with Gasteiger partial charge in [-0.15, -0.1) is 0 Å². The van der Waals surface area contributed by atoms with Crippen LogP contribution in [0.4, 0.5) is 11.6 Å². The molecular weight excluding hydrogens is 364 g/mol. The number of hydrogen-bond acceptors (Lipinski definition) is 6. The molecule has 2 N–H and O–H groups in total. The molecule has 0 unspecified atom stereocenters. The highest BCUT2D eigenvalue weighted by Crippen LogP contribution is 2.30. The van der Waals surface area contributed by atoms with E-state index in [1.807, 2.05) is 13.8 Å². The molecule has 23 heavy (non-hydrogen) atoms. The van der Waals surface area contributed by atoms with Crippen LogP contribution < -0.4 is 15.4 Å². The number of aromatic nitrogens is 4. The normalized spacial score (nSPS) is 20.4. The van der Waals surface area contributed by atoms with Gasteiger partial charge in [-0.1, -0.05) is 0 Å². The number of ether oxygens (including phenoxy) is 1. The van der Waals surface area contributed by atoms with E-state index in [2.05, 4.69) is 41.6 Å².